The number of hydrogen-bond donors (Lipinski definition) is 1. The number of aliphatic hydroxyl groups is 1. The molecule has 1 aromatic carbocycles. The molecule has 2 atom stereocenters. The van der Waals surface area contributed by atoms with Crippen LogP contribution in [-0.2, 0) is 4.74 Å². The summed E-state index contributed by atoms with van der Waals surface area (Å²) in [7, 11) is 0. The average Bonchev–Trinajstić information content (AvgIpc) is 2.46. The number of carbonyl (C=O) groups is 1. The van der Waals surface area contributed by atoms with Gasteiger partial charge in [-0.15, -0.1) is 0 Å². The predicted molar refractivity (Wildman–Crippen MR) is 74.9 cm³/mol. The van der Waals surface area contributed by atoms with E-state index in [0.29, 0.717) is 31.0 Å². The van der Waals surface area contributed by atoms with E-state index in [1.807, 2.05) is 26.0 Å². The SMILES string of the molecule is CCOc1ccccc1C(=O)N1CC(C)OC(CO)C1. The highest BCUT2D eigenvalue weighted by molar-refractivity contribution is 5.97. The first-order chi connectivity index (χ1) is 9.65. The lowest BCUT2D eigenvalue weighted by Gasteiger charge is -2.36. The highest BCUT2D eigenvalue weighted by atomic mass is 16.5. The van der Waals surface area contributed by atoms with E-state index in [1.165, 1.54) is 0 Å². The second-order valence-electron chi connectivity index (χ2n) is 4.89. The maximum Gasteiger partial charge on any atom is 0.257 e. The van der Waals surface area contributed by atoms with Crippen molar-refractivity contribution in [3.63, 3.8) is 0 Å². The number of carbonyl (C=O) groups excluding carboxylic acids is 1. The quantitative estimate of drug-likeness (QED) is 0.902. The maximum absolute atomic E-state index is 12.6. The summed E-state index contributed by atoms with van der Waals surface area (Å²) in [5, 5.41) is 9.23. The van der Waals surface area contributed by atoms with E-state index in [2.05, 4.69) is 0 Å². The minimum absolute atomic E-state index is 0.0795. The van der Waals surface area contributed by atoms with E-state index in [0.717, 1.165) is 0 Å². The molecular formula is C15H21NO4. The van der Waals surface area contributed by atoms with Crippen molar-refractivity contribution >= 4 is 5.91 Å². The number of ether oxygens (including phenoxy) is 2. The van der Waals surface area contributed by atoms with Crippen molar-refractivity contribution in [3.8, 4) is 5.75 Å². The smallest absolute Gasteiger partial charge is 0.257 e. The Labute approximate surface area is 119 Å². The fourth-order valence-corrected chi connectivity index (χ4v) is 2.41. The predicted octanol–water partition coefficient (Wildman–Crippen LogP) is 1.31. The molecule has 0 radical (unpaired) electrons. The largest absolute Gasteiger partial charge is 0.493 e. The summed E-state index contributed by atoms with van der Waals surface area (Å²) < 4.78 is 11.1. The maximum atomic E-state index is 12.6. The molecule has 1 aliphatic heterocycles. The fourth-order valence-electron chi connectivity index (χ4n) is 2.41. The Kier molecular flexibility index (Phi) is 4.98. The zero-order valence-corrected chi connectivity index (χ0v) is 11.9. The Bertz CT molecular complexity index is 463. The molecule has 0 bridgehead atoms. The number of benzene rings is 1. The van der Waals surface area contributed by atoms with Gasteiger partial charge in [0, 0.05) is 13.1 Å². The van der Waals surface area contributed by atoms with Gasteiger partial charge in [-0.1, -0.05) is 12.1 Å². The molecule has 2 rings (SSSR count). The molecular weight excluding hydrogens is 258 g/mol. The molecule has 20 heavy (non-hydrogen) atoms. The summed E-state index contributed by atoms with van der Waals surface area (Å²) in [5.74, 6) is 0.516. The molecule has 1 aromatic rings. The molecule has 110 valence electrons. The van der Waals surface area contributed by atoms with E-state index < -0.39 is 0 Å². The third-order valence-electron chi connectivity index (χ3n) is 3.23. The van der Waals surface area contributed by atoms with Gasteiger partial charge in [0.15, 0.2) is 0 Å². The molecule has 0 spiro atoms. The normalized spacial score (nSPS) is 22.6. The molecule has 2 unspecified atom stereocenters. The van der Waals surface area contributed by atoms with Gasteiger partial charge in [0.2, 0.25) is 0 Å². The molecule has 1 N–H and O–H groups in total. The Balaban J connectivity index is 2.18. The monoisotopic (exact) mass is 279 g/mol. The molecule has 1 amide bonds. The van der Waals surface area contributed by atoms with E-state index in [1.54, 1.807) is 17.0 Å². The second kappa shape index (κ2) is 6.72. The van der Waals surface area contributed by atoms with E-state index >= 15 is 0 Å². The van der Waals surface area contributed by atoms with Gasteiger partial charge < -0.3 is 19.5 Å². The Morgan fingerprint density at radius 3 is 2.90 bits per heavy atom. The highest BCUT2D eigenvalue weighted by Gasteiger charge is 2.29. The van der Waals surface area contributed by atoms with Crippen LogP contribution in [0.1, 0.15) is 24.2 Å². The van der Waals surface area contributed by atoms with Gasteiger partial charge in [0.05, 0.1) is 31.0 Å². The van der Waals surface area contributed by atoms with Crippen LogP contribution in [0, 0.1) is 0 Å². The lowest BCUT2D eigenvalue weighted by molar-refractivity contribution is -0.0859. The molecule has 5 heteroatoms. The number of para-hydroxylation sites is 1. The van der Waals surface area contributed by atoms with Crippen LogP contribution < -0.4 is 4.74 Å². The number of morpholine rings is 1. The minimum Gasteiger partial charge on any atom is -0.493 e. The van der Waals surface area contributed by atoms with Crippen LogP contribution in [0.2, 0.25) is 0 Å². The third-order valence-corrected chi connectivity index (χ3v) is 3.23. The second-order valence-corrected chi connectivity index (χ2v) is 4.89. The summed E-state index contributed by atoms with van der Waals surface area (Å²) >= 11 is 0. The van der Waals surface area contributed by atoms with Crippen molar-refractivity contribution in [3.05, 3.63) is 29.8 Å². The van der Waals surface area contributed by atoms with Crippen LogP contribution >= 0.6 is 0 Å². The van der Waals surface area contributed by atoms with Gasteiger partial charge in [-0.25, -0.2) is 0 Å². The van der Waals surface area contributed by atoms with Crippen molar-refractivity contribution in [2.24, 2.45) is 0 Å². The van der Waals surface area contributed by atoms with Crippen molar-refractivity contribution < 1.29 is 19.4 Å². The number of hydrogen-bond acceptors (Lipinski definition) is 4. The fraction of sp³-hybridized carbons (Fsp3) is 0.533. The van der Waals surface area contributed by atoms with E-state index in [4.69, 9.17) is 9.47 Å². The van der Waals surface area contributed by atoms with Crippen LogP contribution in [0.3, 0.4) is 0 Å². The summed E-state index contributed by atoms with van der Waals surface area (Å²) in [6.45, 7) is 5.15. The zero-order chi connectivity index (χ0) is 14.5. The van der Waals surface area contributed by atoms with Crippen LogP contribution in [0.5, 0.6) is 5.75 Å². The van der Waals surface area contributed by atoms with Crippen molar-refractivity contribution in [1.82, 2.24) is 4.90 Å². The standard InChI is InChI=1S/C15H21NO4/c1-3-19-14-7-5-4-6-13(14)15(18)16-8-11(2)20-12(9-16)10-17/h4-7,11-12,17H,3,8-10H2,1-2H3. The topological polar surface area (TPSA) is 59.0 Å². The lowest BCUT2D eigenvalue weighted by Crippen LogP contribution is -2.50. The van der Waals surface area contributed by atoms with Crippen LogP contribution in [0.15, 0.2) is 24.3 Å². The molecule has 0 aromatic heterocycles. The van der Waals surface area contributed by atoms with Gasteiger partial charge in [-0.2, -0.15) is 0 Å². The van der Waals surface area contributed by atoms with Gasteiger partial charge >= 0.3 is 0 Å². The number of amides is 1. The van der Waals surface area contributed by atoms with Crippen molar-refractivity contribution in [2.75, 3.05) is 26.3 Å². The molecule has 1 saturated heterocycles. The summed E-state index contributed by atoms with van der Waals surface area (Å²) in [5.41, 5.74) is 0.556. The molecule has 0 saturated carbocycles. The number of aliphatic hydroxyl groups excluding tert-OH is 1. The van der Waals surface area contributed by atoms with E-state index in [9.17, 15) is 9.90 Å². The summed E-state index contributed by atoms with van der Waals surface area (Å²) in [4.78, 5) is 14.3. The minimum atomic E-state index is -0.318. The summed E-state index contributed by atoms with van der Waals surface area (Å²) in [6, 6.07) is 7.23. The van der Waals surface area contributed by atoms with Crippen LogP contribution in [-0.4, -0.2) is 54.4 Å². The van der Waals surface area contributed by atoms with Crippen molar-refractivity contribution in [2.45, 2.75) is 26.1 Å². The van der Waals surface area contributed by atoms with Gasteiger partial charge in [0.25, 0.3) is 5.91 Å². The Morgan fingerprint density at radius 2 is 2.20 bits per heavy atom. The number of nitrogens with zero attached hydrogens (tertiary/aromatic N) is 1. The van der Waals surface area contributed by atoms with Crippen LogP contribution in [0.4, 0.5) is 0 Å². The van der Waals surface area contributed by atoms with Gasteiger partial charge in [0.1, 0.15) is 5.75 Å². The van der Waals surface area contributed by atoms with Crippen molar-refractivity contribution in [1.29, 1.82) is 0 Å². The van der Waals surface area contributed by atoms with Gasteiger partial charge in [-0.3, -0.25) is 4.79 Å². The lowest BCUT2D eigenvalue weighted by atomic mass is 10.1. The first-order valence-electron chi connectivity index (χ1n) is 6.93. The number of rotatable bonds is 4. The molecule has 1 heterocycles. The Morgan fingerprint density at radius 1 is 1.45 bits per heavy atom. The van der Waals surface area contributed by atoms with E-state index in [-0.39, 0.29) is 24.7 Å². The Hall–Kier alpha value is -1.59. The zero-order valence-electron chi connectivity index (χ0n) is 11.9. The third kappa shape index (κ3) is 3.29. The molecule has 1 fully saturated rings. The first-order valence-corrected chi connectivity index (χ1v) is 6.93. The first kappa shape index (κ1) is 14.8. The molecule has 5 nitrogen and oxygen atoms in total. The molecule has 0 aliphatic carbocycles. The summed E-state index contributed by atoms with van der Waals surface area (Å²) in [6.07, 6.45) is -0.397. The molecule has 1 aliphatic rings. The highest BCUT2D eigenvalue weighted by Crippen LogP contribution is 2.22. The van der Waals surface area contributed by atoms with Crippen LogP contribution in [0.25, 0.3) is 0 Å². The van der Waals surface area contributed by atoms with Gasteiger partial charge in [-0.05, 0) is 26.0 Å². The average molecular weight is 279 g/mol.